The summed E-state index contributed by atoms with van der Waals surface area (Å²) >= 11 is 8.38. The Balaban J connectivity index is 1.64. The van der Waals surface area contributed by atoms with Crippen LogP contribution in [-0.2, 0) is 4.79 Å². The number of nitrogens with zero attached hydrogens (tertiary/aromatic N) is 2. The average Bonchev–Trinajstić information content (AvgIpc) is 2.82. The monoisotopic (exact) mass is 506 g/mol. The number of carboxylic acid groups (broad SMARTS) is 1. The van der Waals surface area contributed by atoms with Crippen LogP contribution in [0.3, 0.4) is 0 Å². The van der Waals surface area contributed by atoms with Crippen LogP contribution in [0.25, 0.3) is 10.9 Å². The van der Waals surface area contributed by atoms with Crippen LogP contribution in [0.1, 0.15) is 55.8 Å². The summed E-state index contributed by atoms with van der Waals surface area (Å²) in [4.78, 5) is 31.5. The number of pyridine rings is 1. The van der Waals surface area contributed by atoms with Crippen molar-refractivity contribution in [2.24, 2.45) is 11.8 Å². The Labute approximate surface area is 211 Å². The molecule has 1 saturated heterocycles. The van der Waals surface area contributed by atoms with Crippen molar-refractivity contribution < 1.29 is 19.4 Å². The molecule has 1 aromatic heterocycles. The van der Waals surface area contributed by atoms with Gasteiger partial charge in [-0.1, -0.05) is 24.9 Å². The van der Waals surface area contributed by atoms with Crippen LogP contribution in [0, 0.1) is 11.8 Å². The summed E-state index contributed by atoms with van der Waals surface area (Å²) in [7, 11) is 1.58. The van der Waals surface area contributed by atoms with Gasteiger partial charge >= 0.3 is 5.97 Å². The number of unbranched alkanes of at least 4 members (excludes halogenated alkanes) is 1. The van der Waals surface area contributed by atoms with E-state index in [1.807, 2.05) is 23.9 Å². The second kappa shape index (κ2) is 13.3. The minimum atomic E-state index is -0.768. The Morgan fingerprint density at radius 2 is 2.12 bits per heavy atom. The van der Waals surface area contributed by atoms with Gasteiger partial charge in [-0.15, -0.1) is 0 Å². The summed E-state index contributed by atoms with van der Waals surface area (Å²) in [5, 5.41) is 10.5. The number of ketones is 1. The third-order valence-electron chi connectivity index (χ3n) is 6.66. The molecule has 2 aromatic rings. The maximum Gasteiger partial charge on any atom is 0.303 e. The van der Waals surface area contributed by atoms with Gasteiger partial charge in [0.05, 0.1) is 17.6 Å². The number of aromatic nitrogens is 1. The first kappa shape index (κ1) is 26.8. The lowest BCUT2D eigenvalue weighted by Crippen LogP contribution is -2.42. The smallest absolute Gasteiger partial charge is 0.303 e. The zero-order chi connectivity index (χ0) is 24.5. The van der Waals surface area contributed by atoms with E-state index < -0.39 is 5.97 Å². The van der Waals surface area contributed by atoms with Crippen molar-refractivity contribution in [3.63, 3.8) is 0 Å². The van der Waals surface area contributed by atoms with Crippen molar-refractivity contribution in [3.05, 3.63) is 35.0 Å². The van der Waals surface area contributed by atoms with Crippen LogP contribution in [0.4, 0.5) is 0 Å². The van der Waals surface area contributed by atoms with E-state index in [0.717, 1.165) is 31.8 Å². The number of carboxylic acids is 1. The minimum Gasteiger partial charge on any atom is -0.497 e. The van der Waals surface area contributed by atoms with E-state index in [2.05, 4.69) is 16.8 Å². The Morgan fingerprint density at radius 3 is 2.85 bits per heavy atom. The molecule has 2 heterocycles. The van der Waals surface area contributed by atoms with E-state index in [9.17, 15) is 14.7 Å². The number of carbonyl (C=O) groups is 2. The van der Waals surface area contributed by atoms with Gasteiger partial charge in [0.2, 0.25) is 0 Å². The quantitative estimate of drug-likeness (QED) is 0.271. The largest absolute Gasteiger partial charge is 0.497 e. The number of piperidine rings is 1. The molecule has 0 bridgehead atoms. The Kier molecular flexibility index (Phi) is 10.5. The normalized spacial score (nSPS) is 18.8. The molecular formula is C26H35ClN2O4S. The summed E-state index contributed by atoms with van der Waals surface area (Å²) in [6, 6.07) is 5.43. The third kappa shape index (κ3) is 7.33. The second-order valence-corrected chi connectivity index (χ2v) is 10.6. The molecule has 1 fully saturated rings. The number of hydrogen-bond acceptors (Lipinski definition) is 6. The van der Waals surface area contributed by atoms with Gasteiger partial charge in [-0.2, -0.15) is 11.8 Å². The van der Waals surface area contributed by atoms with Crippen molar-refractivity contribution in [1.82, 2.24) is 9.88 Å². The molecule has 186 valence electrons. The lowest BCUT2D eigenvalue weighted by Gasteiger charge is -2.38. The highest BCUT2D eigenvalue weighted by Crippen LogP contribution is 2.33. The molecule has 1 aliphatic heterocycles. The van der Waals surface area contributed by atoms with Gasteiger partial charge in [0, 0.05) is 48.8 Å². The van der Waals surface area contributed by atoms with Gasteiger partial charge in [-0.25, -0.2) is 0 Å². The molecule has 0 saturated carbocycles. The molecule has 3 rings (SSSR count). The molecule has 2 atom stereocenters. The van der Waals surface area contributed by atoms with E-state index in [1.165, 1.54) is 24.8 Å². The minimum absolute atomic E-state index is 0.0329. The number of aliphatic carboxylic acids is 1. The van der Waals surface area contributed by atoms with Crippen molar-refractivity contribution in [1.29, 1.82) is 0 Å². The number of halogens is 1. The first-order chi connectivity index (χ1) is 16.4. The summed E-state index contributed by atoms with van der Waals surface area (Å²) in [6.07, 6.45) is 6.05. The zero-order valence-corrected chi connectivity index (χ0v) is 21.7. The van der Waals surface area contributed by atoms with E-state index in [1.54, 1.807) is 13.2 Å². The number of thioether (sulfide) groups is 1. The van der Waals surface area contributed by atoms with Crippen LogP contribution in [-0.4, -0.2) is 65.0 Å². The van der Waals surface area contributed by atoms with E-state index in [-0.39, 0.29) is 24.0 Å². The van der Waals surface area contributed by atoms with Crippen molar-refractivity contribution in [3.8, 4) is 5.75 Å². The average molecular weight is 507 g/mol. The molecule has 6 nitrogen and oxygen atoms in total. The third-order valence-corrected chi connectivity index (χ3v) is 7.99. The number of rotatable bonds is 13. The highest BCUT2D eigenvalue weighted by atomic mass is 35.5. The summed E-state index contributed by atoms with van der Waals surface area (Å²) in [6.45, 7) is 4.94. The van der Waals surface area contributed by atoms with Crippen LogP contribution >= 0.6 is 23.4 Å². The van der Waals surface area contributed by atoms with Gasteiger partial charge in [-0.05, 0) is 61.6 Å². The standard InChI is InChI=1S/C26H35ClN2O4S/c1-3-4-12-34-13-11-29-10-9-18(19(17-29)14-25(31)32)5-8-24(30)26-21-15-20(33-2)6-7-23(21)28-16-22(26)27/h6-7,15-16,18-19H,3-5,8-14,17H2,1-2H3,(H,31,32). The lowest BCUT2D eigenvalue weighted by molar-refractivity contribution is -0.139. The van der Waals surface area contributed by atoms with Gasteiger partial charge in [-0.3, -0.25) is 14.6 Å². The molecule has 0 amide bonds. The van der Waals surface area contributed by atoms with Crippen LogP contribution in [0.2, 0.25) is 5.02 Å². The Morgan fingerprint density at radius 1 is 1.29 bits per heavy atom. The first-order valence-electron chi connectivity index (χ1n) is 12.1. The zero-order valence-electron chi connectivity index (χ0n) is 20.1. The van der Waals surface area contributed by atoms with E-state index in [4.69, 9.17) is 16.3 Å². The molecule has 1 aliphatic rings. The van der Waals surface area contributed by atoms with Crippen LogP contribution < -0.4 is 4.74 Å². The fourth-order valence-electron chi connectivity index (χ4n) is 4.74. The van der Waals surface area contributed by atoms with Gasteiger partial charge in [0.25, 0.3) is 0 Å². The number of carbonyl (C=O) groups excluding carboxylic acids is 1. The van der Waals surface area contributed by atoms with Crippen molar-refractivity contribution in [2.75, 3.05) is 38.2 Å². The van der Waals surface area contributed by atoms with Crippen molar-refractivity contribution in [2.45, 2.75) is 45.4 Å². The molecule has 1 aromatic carbocycles. The van der Waals surface area contributed by atoms with Crippen LogP contribution in [0.15, 0.2) is 24.4 Å². The summed E-state index contributed by atoms with van der Waals surface area (Å²) in [5.41, 5.74) is 1.17. The topological polar surface area (TPSA) is 79.7 Å². The molecule has 34 heavy (non-hydrogen) atoms. The summed E-state index contributed by atoms with van der Waals surface area (Å²) in [5.74, 6) is 2.39. The molecule has 0 spiro atoms. The fraction of sp³-hybridized carbons (Fsp3) is 0.577. The first-order valence-corrected chi connectivity index (χ1v) is 13.6. The highest BCUT2D eigenvalue weighted by molar-refractivity contribution is 7.99. The number of hydrogen-bond donors (Lipinski definition) is 1. The maximum atomic E-state index is 13.3. The predicted molar refractivity (Wildman–Crippen MR) is 139 cm³/mol. The number of methoxy groups -OCH3 is 1. The second-order valence-electron chi connectivity index (χ2n) is 9.00. The molecule has 1 N–H and O–H groups in total. The SMILES string of the molecule is CCCCSCCN1CCC(CCC(=O)c2c(Cl)cnc3ccc(OC)cc23)C(CC(=O)O)C1. The molecule has 8 heteroatoms. The predicted octanol–water partition coefficient (Wildman–Crippen LogP) is 5.81. The Hall–Kier alpha value is -1.83. The number of likely N-dealkylation sites (tertiary alicyclic amines) is 1. The number of benzene rings is 1. The molecular weight excluding hydrogens is 472 g/mol. The van der Waals surface area contributed by atoms with Gasteiger partial charge < -0.3 is 14.7 Å². The molecule has 0 radical (unpaired) electrons. The molecule has 0 aliphatic carbocycles. The summed E-state index contributed by atoms with van der Waals surface area (Å²) < 4.78 is 5.32. The highest BCUT2D eigenvalue weighted by Gasteiger charge is 2.31. The van der Waals surface area contributed by atoms with Crippen molar-refractivity contribution >= 4 is 46.0 Å². The van der Waals surface area contributed by atoms with Crippen LogP contribution in [0.5, 0.6) is 5.75 Å². The van der Waals surface area contributed by atoms with Gasteiger partial charge in [0.1, 0.15) is 5.75 Å². The van der Waals surface area contributed by atoms with E-state index in [0.29, 0.717) is 40.1 Å². The molecule has 2 unspecified atom stereocenters. The number of Topliss-reactive ketones (excluding diaryl/α,β-unsaturated/α-hetero) is 1. The lowest BCUT2D eigenvalue weighted by atomic mass is 9.79. The van der Waals surface area contributed by atoms with E-state index >= 15 is 0 Å². The number of fused-ring (bicyclic) bond motifs is 1. The fourth-order valence-corrected chi connectivity index (χ4v) is 6.08. The Bertz CT molecular complexity index is 987. The maximum absolute atomic E-state index is 13.3. The van der Waals surface area contributed by atoms with Gasteiger partial charge in [0.15, 0.2) is 5.78 Å². The number of ether oxygens (including phenoxy) is 1.